The molecule has 140 valence electrons. The molecular weight excluding hydrogens is 350 g/mol. The van der Waals surface area contributed by atoms with Crippen LogP contribution in [0.3, 0.4) is 0 Å². The number of morpholine rings is 1. The Bertz CT molecular complexity index is 844. The smallest absolute Gasteiger partial charge is 0.339 e. The van der Waals surface area contributed by atoms with Crippen LogP contribution in [0.2, 0.25) is 0 Å². The van der Waals surface area contributed by atoms with E-state index in [9.17, 15) is 8.42 Å². The van der Waals surface area contributed by atoms with Crippen LogP contribution in [-0.2, 0) is 14.9 Å². The maximum Gasteiger partial charge on any atom is 0.339 e. The topological polar surface area (TPSA) is 55.8 Å². The molecule has 2 aromatic rings. The number of para-hydroxylation sites is 1. The van der Waals surface area contributed by atoms with E-state index in [2.05, 4.69) is 25.7 Å². The van der Waals surface area contributed by atoms with E-state index in [1.165, 1.54) is 12.1 Å². The molecule has 6 heteroatoms. The second-order valence-electron chi connectivity index (χ2n) is 7.36. The van der Waals surface area contributed by atoms with E-state index >= 15 is 0 Å². The predicted octanol–water partition coefficient (Wildman–Crippen LogP) is 3.63. The third-order valence-corrected chi connectivity index (χ3v) is 5.76. The standard InChI is InChI=1S/C20H25NO4S/c1-20(2,3)21-13-14-24-19(15-21)17-11-7-8-12-18(17)25-26(22,23)16-9-5-4-6-10-16/h4-12,19H,13-15H2,1-3H3/t19-/m1/s1. The molecule has 1 fully saturated rings. The van der Waals surface area contributed by atoms with Gasteiger partial charge in [-0.15, -0.1) is 0 Å². The van der Waals surface area contributed by atoms with Gasteiger partial charge in [0.1, 0.15) is 10.6 Å². The first-order chi connectivity index (χ1) is 12.3. The normalized spacial score (nSPS) is 19.3. The third kappa shape index (κ3) is 4.26. The van der Waals surface area contributed by atoms with Gasteiger partial charge in [0, 0.05) is 24.2 Å². The molecule has 5 nitrogen and oxygen atoms in total. The first-order valence-electron chi connectivity index (χ1n) is 8.72. The average Bonchev–Trinajstić information content (AvgIpc) is 2.62. The fourth-order valence-electron chi connectivity index (χ4n) is 3.02. The summed E-state index contributed by atoms with van der Waals surface area (Å²) in [5.41, 5.74) is 0.773. The van der Waals surface area contributed by atoms with Crippen molar-refractivity contribution in [1.29, 1.82) is 0 Å². The van der Waals surface area contributed by atoms with Crippen LogP contribution in [-0.4, -0.2) is 38.6 Å². The Morgan fingerprint density at radius 2 is 1.69 bits per heavy atom. The Morgan fingerprint density at radius 3 is 2.38 bits per heavy atom. The zero-order valence-corrected chi connectivity index (χ0v) is 16.2. The molecule has 0 amide bonds. The van der Waals surface area contributed by atoms with Gasteiger partial charge in [-0.1, -0.05) is 36.4 Å². The van der Waals surface area contributed by atoms with Crippen molar-refractivity contribution in [3.05, 3.63) is 60.2 Å². The molecule has 26 heavy (non-hydrogen) atoms. The lowest BCUT2D eigenvalue weighted by Crippen LogP contribution is -2.48. The number of hydrogen-bond acceptors (Lipinski definition) is 5. The highest BCUT2D eigenvalue weighted by Gasteiger charge is 2.31. The molecule has 0 bridgehead atoms. The fraction of sp³-hybridized carbons (Fsp3) is 0.400. The van der Waals surface area contributed by atoms with Crippen molar-refractivity contribution < 1.29 is 17.3 Å². The molecule has 3 rings (SSSR count). The minimum atomic E-state index is -3.89. The summed E-state index contributed by atoms with van der Waals surface area (Å²) >= 11 is 0. The van der Waals surface area contributed by atoms with Crippen LogP contribution in [0.4, 0.5) is 0 Å². The number of benzene rings is 2. The fourth-order valence-corrected chi connectivity index (χ4v) is 4.00. The van der Waals surface area contributed by atoms with E-state index in [0.717, 1.165) is 12.1 Å². The monoisotopic (exact) mass is 375 g/mol. The van der Waals surface area contributed by atoms with Crippen molar-refractivity contribution in [3.8, 4) is 5.75 Å². The lowest BCUT2D eigenvalue weighted by atomic mass is 10.0. The Kier molecular flexibility index (Phi) is 5.37. The van der Waals surface area contributed by atoms with Crippen molar-refractivity contribution in [3.63, 3.8) is 0 Å². The summed E-state index contributed by atoms with van der Waals surface area (Å²) in [6.07, 6.45) is -0.231. The molecule has 0 aliphatic carbocycles. The minimum absolute atomic E-state index is 0.0218. The molecule has 1 saturated heterocycles. The summed E-state index contributed by atoms with van der Waals surface area (Å²) in [5.74, 6) is 0.317. The maximum absolute atomic E-state index is 12.6. The molecule has 1 atom stereocenters. The zero-order valence-electron chi connectivity index (χ0n) is 15.4. The SMILES string of the molecule is CC(C)(C)N1CCO[C@@H](c2ccccc2OS(=O)(=O)c2ccccc2)C1. The maximum atomic E-state index is 12.6. The lowest BCUT2D eigenvalue weighted by molar-refractivity contribution is -0.0601. The first kappa shape index (κ1) is 18.9. The van der Waals surface area contributed by atoms with E-state index < -0.39 is 10.1 Å². The molecule has 1 heterocycles. The molecule has 0 radical (unpaired) electrons. The molecule has 0 aromatic heterocycles. The molecule has 2 aromatic carbocycles. The second-order valence-corrected chi connectivity index (χ2v) is 8.91. The van der Waals surface area contributed by atoms with Gasteiger partial charge < -0.3 is 8.92 Å². The van der Waals surface area contributed by atoms with E-state index in [0.29, 0.717) is 18.9 Å². The van der Waals surface area contributed by atoms with Crippen LogP contribution in [0, 0.1) is 0 Å². The molecular formula is C20H25NO4S. The first-order valence-corrected chi connectivity index (χ1v) is 10.1. The number of rotatable bonds is 4. The van der Waals surface area contributed by atoms with Crippen LogP contribution in [0.5, 0.6) is 5.75 Å². The largest absolute Gasteiger partial charge is 0.379 e. The molecule has 0 N–H and O–H groups in total. The predicted molar refractivity (Wildman–Crippen MR) is 101 cm³/mol. The van der Waals surface area contributed by atoms with Gasteiger partial charge in [-0.25, -0.2) is 0 Å². The van der Waals surface area contributed by atoms with Gasteiger partial charge in [0.25, 0.3) is 0 Å². The van der Waals surface area contributed by atoms with E-state index in [1.54, 1.807) is 30.3 Å². The van der Waals surface area contributed by atoms with Gasteiger partial charge in [-0.2, -0.15) is 8.42 Å². The van der Waals surface area contributed by atoms with Gasteiger partial charge in [-0.3, -0.25) is 4.90 Å². The van der Waals surface area contributed by atoms with Gasteiger partial charge >= 0.3 is 10.1 Å². The summed E-state index contributed by atoms with van der Waals surface area (Å²) < 4.78 is 36.6. The van der Waals surface area contributed by atoms with Crippen LogP contribution in [0.1, 0.15) is 32.4 Å². The zero-order chi connectivity index (χ0) is 18.8. The lowest BCUT2D eigenvalue weighted by Gasteiger charge is -2.41. The number of hydrogen-bond donors (Lipinski definition) is 0. The van der Waals surface area contributed by atoms with E-state index in [4.69, 9.17) is 8.92 Å². The Balaban J connectivity index is 1.87. The van der Waals surface area contributed by atoms with E-state index in [1.807, 2.05) is 12.1 Å². The Hall–Kier alpha value is -1.89. The molecule has 1 aliphatic rings. The van der Waals surface area contributed by atoms with Gasteiger partial charge in [-0.05, 0) is 39.0 Å². The molecule has 0 unspecified atom stereocenters. The van der Waals surface area contributed by atoms with E-state index in [-0.39, 0.29) is 16.5 Å². The highest BCUT2D eigenvalue weighted by Crippen LogP contribution is 2.33. The van der Waals surface area contributed by atoms with Crippen molar-refractivity contribution >= 4 is 10.1 Å². The van der Waals surface area contributed by atoms with Crippen LogP contribution in [0.25, 0.3) is 0 Å². The third-order valence-electron chi connectivity index (χ3n) is 4.51. The van der Waals surface area contributed by atoms with Crippen LogP contribution < -0.4 is 4.18 Å². The average molecular weight is 375 g/mol. The van der Waals surface area contributed by atoms with Gasteiger partial charge in [0.2, 0.25) is 0 Å². The Morgan fingerprint density at radius 1 is 1.04 bits per heavy atom. The number of nitrogens with zero attached hydrogens (tertiary/aromatic N) is 1. The highest BCUT2D eigenvalue weighted by atomic mass is 32.2. The summed E-state index contributed by atoms with van der Waals surface area (Å²) in [5, 5.41) is 0. The van der Waals surface area contributed by atoms with Gasteiger partial charge in [0.15, 0.2) is 0 Å². The quantitative estimate of drug-likeness (QED) is 0.764. The summed E-state index contributed by atoms with van der Waals surface area (Å²) in [6, 6.07) is 15.3. The summed E-state index contributed by atoms with van der Waals surface area (Å²) in [6.45, 7) is 8.63. The second kappa shape index (κ2) is 7.39. The van der Waals surface area contributed by atoms with Crippen molar-refractivity contribution in [1.82, 2.24) is 4.90 Å². The minimum Gasteiger partial charge on any atom is -0.379 e. The highest BCUT2D eigenvalue weighted by molar-refractivity contribution is 7.87. The number of ether oxygens (including phenoxy) is 1. The molecule has 0 spiro atoms. The Labute approximate surface area is 155 Å². The van der Waals surface area contributed by atoms with Crippen LogP contribution >= 0.6 is 0 Å². The van der Waals surface area contributed by atoms with Crippen molar-refractivity contribution in [2.75, 3.05) is 19.7 Å². The molecule has 1 aliphatic heterocycles. The van der Waals surface area contributed by atoms with Crippen LogP contribution in [0.15, 0.2) is 59.5 Å². The summed E-state index contributed by atoms with van der Waals surface area (Å²) in [4.78, 5) is 2.47. The summed E-state index contributed by atoms with van der Waals surface area (Å²) in [7, 11) is -3.89. The molecule has 0 saturated carbocycles. The van der Waals surface area contributed by atoms with Gasteiger partial charge in [0.05, 0.1) is 12.7 Å². The van der Waals surface area contributed by atoms with Crippen molar-refractivity contribution in [2.24, 2.45) is 0 Å². The van der Waals surface area contributed by atoms with Crippen molar-refractivity contribution in [2.45, 2.75) is 37.3 Å².